The molecule has 0 radical (unpaired) electrons. The van der Waals surface area contributed by atoms with Gasteiger partial charge >= 0.3 is 6.09 Å². The smallest absolute Gasteiger partial charge is 0.407 e. The maximum Gasteiger partial charge on any atom is 0.407 e. The number of pyridine rings is 1. The minimum atomic E-state index is -0.384. The summed E-state index contributed by atoms with van der Waals surface area (Å²) in [6.45, 7) is 6.57. The molecule has 0 atom stereocenters. The van der Waals surface area contributed by atoms with Gasteiger partial charge in [0.1, 0.15) is 29.6 Å². The van der Waals surface area contributed by atoms with Gasteiger partial charge in [0.05, 0.1) is 7.11 Å². The van der Waals surface area contributed by atoms with Crippen molar-refractivity contribution >= 4 is 17.8 Å². The van der Waals surface area contributed by atoms with Crippen LogP contribution < -0.4 is 15.0 Å². The van der Waals surface area contributed by atoms with E-state index in [0.29, 0.717) is 55.8 Å². The van der Waals surface area contributed by atoms with Crippen LogP contribution in [-0.2, 0) is 9.53 Å². The van der Waals surface area contributed by atoms with E-state index in [2.05, 4.69) is 30.4 Å². The highest BCUT2D eigenvalue weighted by molar-refractivity contribution is 5.94. The molecular weight excluding hydrogens is 580 g/mol. The van der Waals surface area contributed by atoms with Crippen LogP contribution in [0.5, 0.6) is 5.75 Å². The molecule has 3 aliphatic rings. The predicted molar refractivity (Wildman–Crippen MR) is 177 cm³/mol. The van der Waals surface area contributed by atoms with Crippen LogP contribution in [0, 0.1) is 18.8 Å². The van der Waals surface area contributed by atoms with Crippen molar-refractivity contribution in [1.82, 2.24) is 15.3 Å². The van der Waals surface area contributed by atoms with Crippen molar-refractivity contribution in [3.05, 3.63) is 59.8 Å². The summed E-state index contributed by atoms with van der Waals surface area (Å²) >= 11 is 0. The van der Waals surface area contributed by atoms with E-state index in [1.807, 2.05) is 30.9 Å². The van der Waals surface area contributed by atoms with Gasteiger partial charge in [0.2, 0.25) is 5.91 Å². The number of hydrogen-bond donors (Lipinski definition) is 1. The molecule has 9 nitrogen and oxygen atoms in total. The average molecular weight is 629 g/mol. The first-order valence-corrected chi connectivity index (χ1v) is 17.1. The molecule has 9 heteroatoms. The van der Waals surface area contributed by atoms with Gasteiger partial charge in [-0.2, -0.15) is 0 Å². The van der Waals surface area contributed by atoms with Crippen LogP contribution in [0.1, 0.15) is 107 Å². The molecule has 46 heavy (non-hydrogen) atoms. The first kappa shape index (κ1) is 32.1. The number of nitrogens with zero attached hydrogens (tertiary/aromatic N) is 3. The van der Waals surface area contributed by atoms with Crippen LogP contribution >= 0.6 is 0 Å². The fraction of sp³-hybridized carbons (Fsp3) is 0.568. The van der Waals surface area contributed by atoms with Crippen molar-refractivity contribution < 1.29 is 23.5 Å². The van der Waals surface area contributed by atoms with Crippen molar-refractivity contribution in [2.24, 2.45) is 11.8 Å². The molecule has 1 aromatic carbocycles. The number of aryl methyl sites for hydroxylation is 1. The second-order valence-electron chi connectivity index (χ2n) is 13.8. The van der Waals surface area contributed by atoms with E-state index >= 15 is 0 Å². The molecule has 246 valence electrons. The van der Waals surface area contributed by atoms with Gasteiger partial charge in [-0.15, -0.1) is 0 Å². The predicted octanol–water partition coefficient (Wildman–Crippen LogP) is 7.93. The summed E-state index contributed by atoms with van der Waals surface area (Å²) in [5.74, 6) is 3.70. The molecular formula is C37H48N4O5. The van der Waals surface area contributed by atoms with Gasteiger partial charge in [-0.25, -0.2) is 14.8 Å². The number of carbonyl (C=O) groups excluding carboxylic acids is 2. The third-order valence-electron chi connectivity index (χ3n) is 9.91. The van der Waals surface area contributed by atoms with Crippen molar-refractivity contribution in [2.75, 3.05) is 18.6 Å². The Bertz CT molecular complexity index is 1500. The third kappa shape index (κ3) is 7.73. The lowest BCUT2D eigenvalue weighted by molar-refractivity contribution is -0.124. The third-order valence-corrected chi connectivity index (χ3v) is 9.91. The lowest BCUT2D eigenvalue weighted by atomic mass is 9.78. The quantitative estimate of drug-likeness (QED) is 0.243. The largest absolute Gasteiger partial charge is 0.496 e. The van der Waals surface area contributed by atoms with E-state index in [0.717, 1.165) is 61.4 Å². The van der Waals surface area contributed by atoms with Crippen LogP contribution in [0.4, 0.5) is 10.6 Å². The van der Waals surface area contributed by atoms with Gasteiger partial charge in [0, 0.05) is 36.2 Å². The minimum absolute atomic E-state index is 0.0233. The first-order chi connectivity index (χ1) is 22.3. The van der Waals surface area contributed by atoms with Crippen molar-refractivity contribution in [2.45, 2.75) is 109 Å². The number of oxazole rings is 1. The summed E-state index contributed by atoms with van der Waals surface area (Å²) in [6.07, 6.45) is 12.2. The van der Waals surface area contributed by atoms with Crippen LogP contribution in [0.15, 0.2) is 47.2 Å². The van der Waals surface area contributed by atoms with Crippen LogP contribution in [0.25, 0.3) is 11.3 Å². The molecule has 2 amide bonds. The van der Waals surface area contributed by atoms with Crippen molar-refractivity contribution in [1.29, 1.82) is 0 Å². The molecule has 3 aliphatic carbocycles. The first-order valence-electron chi connectivity index (χ1n) is 17.1. The molecule has 0 bridgehead atoms. The number of benzene rings is 1. The van der Waals surface area contributed by atoms with E-state index in [9.17, 15) is 9.59 Å². The van der Waals surface area contributed by atoms with Gasteiger partial charge in [0.15, 0.2) is 5.89 Å². The second-order valence-corrected chi connectivity index (χ2v) is 13.8. The normalized spacial score (nSPS) is 23.2. The Kier molecular flexibility index (Phi) is 9.95. The van der Waals surface area contributed by atoms with Crippen LogP contribution in [0.2, 0.25) is 0 Å². The Morgan fingerprint density at radius 1 is 0.978 bits per heavy atom. The lowest BCUT2D eigenvalue weighted by Gasteiger charge is -2.35. The Balaban J connectivity index is 1.16. The number of ether oxygens (including phenoxy) is 2. The summed E-state index contributed by atoms with van der Waals surface area (Å²) in [6, 6.07) is 10.5. The highest BCUT2D eigenvalue weighted by Gasteiger charge is 2.35. The SMILES string of the molecule is COc1ccc([C@H]2CC[C@H](CN(c3cc(-c4coc(C5CC5)n4)ccn3)C(=O)[C@H]3CC[C@H](OC(=O)NC(C)C)CC3)CC2)cc1C. The molecule has 1 N–H and O–H groups in total. The summed E-state index contributed by atoms with van der Waals surface area (Å²) in [4.78, 5) is 37.9. The monoisotopic (exact) mass is 628 g/mol. The van der Waals surface area contributed by atoms with Gasteiger partial charge in [0.25, 0.3) is 0 Å². The van der Waals surface area contributed by atoms with Crippen LogP contribution in [0.3, 0.4) is 0 Å². The number of rotatable bonds is 10. The standard InChI is InChI=1S/C37H48N4O5/c1-23(2)39-37(43)46-31-14-11-28(12-15-31)36(42)41(34-20-30(17-18-38-34)32-22-45-35(40-32)27-9-10-27)21-25-5-7-26(8-6-25)29-13-16-33(44-4)24(3)19-29/h13,16-20,22-23,25-28,31H,5-12,14-15,21H2,1-4H3,(H,39,43)/t25-,26-,28-,31-. The maximum atomic E-state index is 14.3. The number of hydrogen-bond acceptors (Lipinski definition) is 7. The van der Waals surface area contributed by atoms with E-state index in [1.165, 1.54) is 11.1 Å². The maximum absolute atomic E-state index is 14.3. The van der Waals surface area contributed by atoms with E-state index in [-0.39, 0.29) is 30.1 Å². The van der Waals surface area contributed by atoms with E-state index in [4.69, 9.17) is 23.9 Å². The lowest BCUT2D eigenvalue weighted by Crippen LogP contribution is -2.43. The Hall–Kier alpha value is -3.88. The van der Waals surface area contributed by atoms with Crippen molar-refractivity contribution in [3.8, 4) is 17.0 Å². The molecule has 3 fully saturated rings. The summed E-state index contributed by atoms with van der Waals surface area (Å²) < 4.78 is 16.9. The summed E-state index contributed by atoms with van der Waals surface area (Å²) in [7, 11) is 1.72. The average Bonchev–Trinajstić information content (AvgIpc) is 3.79. The number of alkyl carbamates (subject to hydrolysis) is 1. The van der Waals surface area contributed by atoms with Crippen molar-refractivity contribution in [3.63, 3.8) is 0 Å². The molecule has 3 saturated carbocycles. The number of anilines is 1. The van der Waals surface area contributed by atoms with Gasteiger partial charge in [-0.3, -0.25) is 9.69 Å². The second kappa shape index (κ2) is 14.3. The van der Waals surface area contributed by atoms with Gasteiger partial charge < -0.3 is 19.2 Å². The Morgan fingerprint density at radius 3 is 2.39 bits per heavy atom. The minimum Gasteiger partial charge on any atom is -0.496 e. The molecule has 6 rings (SSSR count). The zero-order chi connectivity index (χ0) is 32.2. The number of amides is 2. The molecule has 3 aromatic rings. The summed E-state index contributed by atoms with van der Waals surface area (Å²) in [5, 5.41) is 2.80. The zero-order valence-electron chi connectivity index (χ0n) is 27.7. The number of aromatic nitrogens is 2. The Labute approximate surface area is 272 Å². The van der Waals surface area contributed by atoms with Gasteiger partial charge in [-0.05, 0) is 126 Å². The van der Waals surface area contributed by atoms with Gasteiger partial charge in [-0.1, -0.05) is 12.1 Å². The van der Waals surface area contributed by atoms with E-state index in [1.54, 1.807) is 19.6 Å². The zero-order valence-corrected chi connectivity index (χ0v) is 27.7. The van der Waals surface area contributed by atoms with E-state index < -0.39 is 0 Å². The highest BCUT2D eigenvalue weighted by atomic mass is 16.6. The summed E-state index contributed by atoms with van der Waals surface area (Å²) in [5.41, 5.74) is 4.23. The topological polar surface area (TPSA) is 107 Å². The molecule has 0 spiro atoms. The molecule has 0 aliphatic heterocycles. The van der Waals surface area contributed by atoms with Crippen LogP contribution in [-0.4, -0.2) is 47.8 Å². The fourth-order valence-electron chi connectivity index (χ4n) is 7.12. The number of nitrogens with one attached hydrogen (secondary N) is 1. The fourth-order valence-corrected chi connectivity index (χ4v) is 7.12. The number of carbonyl (C=O) groups is 2. The molecule has 0 saturated heterocycles. The molecule has 0 unspecified atom stereocenters. The molecule has 2 heterocycles. The highest BCUT2D eigenvalue weighted by Crippen LogP contribution is 2.41. The number of methoxy groups -OCH3 is 1. The Morgan fingerprint density at radius 2 is 1.72 bits per heavy atom. The molecule has 2 aromatic heterocycles.